The number of sulfonamides is 1. The van der Waals surface area contributed by atoms with Crippen LogP contribution in [0.2, 0.25) is 5.02 Å². The number of nitrogens with one attached hydrogen (secondary N) is 2. The predicted molar refractivity (Wildman–Crippen MR) is 129 cm³/mol. The molecule has 1 amide bonds. The molecule has 2 N–H and O–H groups in total. The van der Waals surface area contributed by atoms with Crippen LogP contribution < -0.4 is 14.9 Å². The van der Waals surface area contributed by atoms with Crippen molar-refractivity contribution in [3.05, 3.63) is 83.1 Å². The third-order valence-corrected chi connectivity index (χ3v) is 7.15. The van der Waals surface area contributed by atoms with Gasteiger partial charge in [-0.3, -0.25) is 9.52 Å². The van der Waals surface area contributed by atoms with Crippen LogP contribution >= 0.6 is 11.6 Å². The van der Waals surface area contributed by atoms with Gasteiger partial charge in [-0.25, -0.2) is 12.8 Å². The summed E-state index contributed by atoms with van der Waals surface area (Å²) < 4.78 is 40.7. The van der Waals surface area contributed by atoms with E-state index in [4.69, 9.17) is 11.6 Å². The van der Waals surface area contributed by atoms with Crippen molar-refractivity contribution in [2.24, 2.45) is 0 Å². The normalized spacial score (nSPS) is 14.1. The zero-order valence-corrected chi connectivity index (χ0v) is 19.3. The van der Waals surface area contributed by atoms with Gasteiger partial charge in [0, 0.05) is 30.0 Å². The Morgan fingerprint density at radius 2 is 1.58 bits per heavy atom. The molecule has 0 radical (unpaired) electrons. The van der Waals surface area contributed by atoms with Gasteiger partial charge in [-0.1, -0.05) is 11.6 Å². The minimum atomic E-state index is -4.01. The van der Waals surface area contributed by atoms with E-state index in [-0.39, 0.29) is 21.2 Å². The first-order valence-electron chi connectivity index (χ1n) is 10.6. The quantitative estimate of drug-likeness (QED) is 0.479. The number of hydrogen-bond acceptors (Lipinski definition) is 4. The lowest BCUT2D eigenvalue weighted by Crippen LogP contribution is -2.29. The topological polar surface area (TPSA) is 78.5 Å². The second kappa shape index (κ2) is 9.80. The first-order chi connectivity index (χ1) is 15.8. The minimum absolute atomic E-state index is 0.0501. The Bertz CT molecular complexity index is 1240. The summed E-state index contributed by atoms with van der Waals surface area (Å²) in [6.07, 6.45) is 3.62. The van der Waals surface area contributed by atoms with E-state index in [9.17, 15) is 17.6 Å². The average molecular weight is 488 g/mol. The summed E-state index contributed by atoms with van der Waals surface area (Å²) in [6, 6.07) is 16.4. The Morgan fingerprint density at radius 1 is 0.909 bits per heavy atom. The molecule has 0 aliphatic carbocycles. The Hall–Kier alpha value is -3.10. The maximum absolute atomic E-state index is 13.1. The molecule has 0 bridgehead atoms. The molecule has 1 heterocycles. The van der Waals surface area contributed by atoms with Gasteiger partial charge in [-0.2, -0.15) is 0 Å². The number of anilines is 3. The van der Waals surface area contributed by atoms with Crippen molar-refractivity contribution in [2.45, 2.75) is 24.2 Å². The van der Waals surface area contributed by atoms with Crippen molar-refractivity contribution in [3.8, 4) is 0 Å². The van der Waals surface area contributed by atoms with Gasteiger partial charge in [0.2, 0.25) is 0 Å². The number of amides is 1. The number of carbonyl (C=O) groups excluding carboxylic acids is 1. The van der Waals surface area contributed by atoms with Gasteiger partial charge in [-0.05, 0) is 86.0 Å². The number of halogens is 2. The van der Waals surface area contributed by atoms with Crippen LogP contribution in [-0.4, -0.2) is 27.4 Å². The van der Waals surface area contributed by atoms with Crippen molar-refractivity contribution in [1.82, 2.24) is 0 Å². The van der Waals surface area contributed by atoms with Gasteiger partial charge < -0.3 is 10.2 Å². The highest BCUT2D eigenvalue weighted by molar-refractivity contribution is 7.92. The number of piperidine rings is 1. The van der Waals surface area contributed by atoms with Crippen LogP contribution in [0.3, 0.4) is 0 Å². The smallest absolute Gasteiger partial charge is 0.261 e. The molecular formula is C24H23ClFN3O3S. The molecule has 1 aliphatic heterocycles. The van der Waals surface area contributed by atoms with Crippen LogP contribution in [-0.2, 0) is 10.0 Å². The minimum Gasteiger partial charge on any atom is -0.372 e. The van der Waals surface area contributed by atoms with Crippen molar-refractivity contribution >= 4 is 44.6 Å². The molecule has 3 aromatic rings. The van der Waals surface area contributed by atoms with Gasteiger partial charge in [0.1, 0.15) is 5.82 Å². The van der Waals surface area contributed by atoms with E-state index in [0.717, 1.165) is 43.0 Å². The number of hydrogen-bond donors (Lipinski definition) is 2. The summed E-state index contributed by atoms with van der Waals surface area (Å²) in [4.78, 5) is 15.0. The Balaban J connectivity index is 1.47. The molecule has 3 aromatic carbocycles. The molecule has 0 atom stereocenters. The van der Waals surface area contributed by atoms with E-state index < -0.39 is 21.7 Å². The molecule has 33 heavy (non-hydrogen) atoms. The van der Waals surface area contributed by atoms with Crippen molar-refractivity contribution in [3.63, 3.8) is 0 Å². The van der Waals surface area contributed by atoms with E-state index in [2.05, 4.69) is 14.9 Å². The van der Waals surface area contributed by atoms with E-state index in [0.29, 0.717) is 5.69 Å². The van der Waals surface area contributed by atoms with Crippen LogP contribution in [0.15, 0.2) is 71.6 Å². The summed E-state index contributed by atoms with van der Waals surface area (Å²) in [5.41, 5.74) is 2.03. The third kappa shape index (κ3) is 5.64. The third-order valence-electron chi connectivity index (χ3n) is 5.44. The van der Waals surface area contributed by atoms with Gasteiger partial charge in [-0.15, -0.1) is 0 Å². The van der Waals surface area contributed by atoms with Gasteiger partial charge in [0.05, 0.1) is 15.6 Å². The lowest BCUT2D eigenvalue weighted by atomic mass is 10.1. The summed E-state index contributed by atoms with van der Waals surface area (Å²) in [5.74, 6) is -0.950. The number of rotatable bonds is 6. The Labute approximate surface area is 197 Å². The van der Waals surface area contributed by atoms with Crippen molar-refractivity contribution < 1.29 is 17.6 Å². The maximum Gasteiger partial charge on any atom is 0.261 e. The average Bonchev–Trinajstić information content (AvgIpc) is 2.81. The monoisotopic (exact) mass is 487 g/mol. The highest BCUT2D eigenvalue weighted by Gasteiger charge is 2.18. The number of nitrogens with zero attached hydrogens (tertiary/aromatic N) is 1. The first kappa shape index (κ1) is 23.1. The second-order valence-corrected chi connectivity index (χ2v) is 9.89. The zero-order valence-electron chi connectivity index (χ0n) is 17.7. The van der Waals surface area contributed by atoms with Crippen molar-refractivity contribution in [2.75, 3.05) is 28.0 Å². The SMILES string of the molecule is O=C(Nc1ccc(N2CCCCC2)cc1)c1ccc(Cl)c(NS(=O)(=O)c2ccc(F)cc2)c1. The fourth-order valence-electron chi connectivity index (χ4n) is 3.67. The van der Waals surface area contributed by atoms with Crippen LogP contribution in [0.4, 0.5) is 21.5 Å². The fourth-order valence-corrected chi connectivity index (χ4v) is 4.96. The van der Waals surface area contributed by atoms with Crippen LogP contribution in [0.1, 0.15) is 29.6 Å². The molecule has 4 rings (SSSR count). The summed E-state index contributed by atoms with van der Waals surface area (Å²) in [6.45, 7) is 2.07. The molecule has 9 heteroatoms. The first-order valence-corrected chi connectivity index (χ1v) is 12.4. The molecule has 172 valence electrons. The molecule has 1 aliphatic rings. The number of carbonyl (C=O) groups is 1. The van der Waals surface area contributed by atoms with E-state index in [1.165, 1.54) is 37.5 Å². The fraction of sp³-hybridized carbons (Fsp3) is 0.208. The van der Waals surface area contributed by atoms with Crippen LogP contribution in [0.5, 0.6) is 0 Å². The van der Waals surface area contributed by atoms with Crippen molar-refractivity contribution in [1.29, 1.82) is 0 Å². The van der Waals surface area contributed by atoms with E-state index in [1.54, 1.807) is 0 Å². The summed E-state index contributed by atoms with van der Waals surface area (Å²) in [5, 5.41) is 2.94. The highest BCUT2D eigenvalue weighted by Crippen LogP contribution is 2.27. The summed E-state index contributed by atoms with van der Waals surface area (Å²) >= 11 is 6.15. The molecular weight excluding hydrogens is 465 g/mol. The molecule has 0 unspecified atom stereocenters. The van der Waals surface area contributed by atoms with E-state index in [1.807, 2.05) is 24.3 Å². The standard InChI is InChI=1S/C24H23ClFN3O3S/c25-22-13-4-17(16-23(22)28-33(31,32)21-11-5-18(26)6-12-21)24(30)27-19-7-9-20(10-8-19)29-14-2-1-3-15-29/h4-13,16,28H,1-3,14-15H2,(H,27,30). The molecule has 0 spiro atoms. The molecule has 0 saturated carbocycles. The predicted octanol–water partition coefficient (Wildman–Crippen LogP) is 5.52. The lowest BCUT2D eigenvalue weighted by Gasteiger charge is -2.28. The van der Waals surface area contributed by atoms with Crippen LogP contribution in [0, 0.1) is 5.82 Å². The maximum atomic E-state index is 13.1. The van der Waals surface area contributed by atoms with Gasteiger partial charge in [0.15, 0.2) is 0 Å². The molecule has 1 fully saturated rings. The Kier molecular flexibility index (Phi) is 6.85. The largest absolute Gasteiger partial charge is 0.372 e. The lowest BCUT2D eigenvalue weighted by molar-refractivity contribution is 0.102. The van der Waals surface area contributed by atoms with Crippen LogP contribution in [0.25, 0.3) is 0 Å². The number of benzene rings is 3. The van der Waals surface area contributed by atoms with E-state index >= 15 is 0 Å². The Morgan fingerprint density at radius 3 is 2.24 bits per heavy atom. The molecule has 1 saturated heterocycles. The second-order valence-electron chi connectivity index (χ2n) is 7.80. The zero-order chi connectivity index (χ0) is 23.4. The van der Waals surface area contributed by atoms with Gasteiger partial charge in [0.25, 0.3) is 15.9 Å². The molecule has 6 nitrogen and oxygen atoms in total. The van der Waals surface area contributed by atoms with Gasteiger partial charge >= 0.3 is 0 Å². The highest BCUT2D eigenvalue weighted by atomic mass is 35.5. The summed E-state index contributed by atoms with van der Waals surface area (Å²) in [7, 11) is -4.01. The molecule has 0 aromatic heterocycles.